The zero-order chi connectivity index (χ0) is 13.7. The lowest BCUT2D eigenvalue weighted by molar-refractivity contribution is 0.101. The van der Waals surface area contributed by atoms with Gasteiger partial charge in [-0.1, -0.05) is 25.5 Å². The maximum atomic E-state index is 11.6. The average Bonchev–Trinajstić information content (AvgIpc) is 3.03. The Kier molecular flexibility index (Phi) is 4.39. The summed E-state index contributed by atoms with van der Waals surface area (Å²) in [6.45, 7) is 3.67. The predicted octanol–water partition coefficient (Wildman–Crippen LogP) is 4.64. The summed E-state index contributed by atoms with van der Waals surface area (Å²) in [6, 6.07) is 5.38. The van der Waals surface area contributed by atoms with E-state index in [1.165, 1.54) is 6.92 Å². The molecule has 2 aromatic heterocycles. The second kappa shape index (κ2) is 6.23. The van der Waals surface area contributed by atoms with E-state index < -0.39 is 0 Å². The molecule has 0 spiro atoms. The number of carbonyl (C=O) groups excluding carboxylic acids is 1. The molecule has 2 heterocycles. The van der Waals surface area contributed by atoms with Crippen LogP contribution in [0.4, 0.5) is 0 Å². The first-order valence-electron chi connectivity index (χ1n) is 6.55. The molecular weight excluding hydrogens is 240 g/mol. The first-order chi connectivity index (χ1) is 9.22. The van der Waals surface area contributed by atoms with Gasteiger partial charge in [0.05, 0.1) is 11.8 Å². The number of carbonyl (C=O) groups is 1. The Balaban J connectivity index is 2.23. The highest BCUT2D eigenvalue weighted by molar-refractivity contribution is 5.99. The Bertz CT molecular complexity index is 559. The van der Waals surface area contributed by atoms with Crippen molar-refractivity contribution < 1.29 is 13.6 Å². The van der Waals surface area contributed by atoms with Crippen LogP contribution in [-0.4, -0.2) is 5.78 Å². The van der Waals surface area contributed by atoms with Gasteiger partial charge in [0, 0.05) is 6.42 Å². The SMILES string of the molecule is CCC/C=C/Cc1cc(C(C)=O)c(-c2ccco2)o1. The van der Waals surface area contributed by atoms with Gasteiger partial charge >= 0.3 is 0 Å². The lowest BCUT2D eigenvalue weighted by Gasteiger charge is -1.94. The van der Waals surface area contributed by atoms with E-state index in [0.717, 1.165) is 18.6 Å². The molecule has 2 rings (SSSR count). The number of hydrogen-bond acceptors (Lipinski definition) is 3. The number of ketones is 1. The Morgan fingerprint density at radius 3 is 2.84 bits per heavy atom. The fraction of sp³-hybridized carbons (Fsp3) is 0.312. The fourth-order valence-corrected chi connectivity index (χ4v) is 1.88. The quantitative estimate of drug-likeness (QED) is 0.560. The Morgan fingerprint density at radius 2 is 2.21 bits per heavy atom. The van der Waals surface area contributed by atoms with Crippen molar-refractivity contribution in [2.24, 2.45) is 0 Å². The molecular formula is C16H18O3. The van der Waals surface area contributed by atoms with E-state index in [0.29, 0.717) is 23.5 Å². The van der Waals surface area contributed by atoms with Crippen LogP contribution in [0.2, 0.25) is 0 Å². The Labute approximate surface area is 112 Å². The van der Waals surface area contributed by atoms with E-state index in [9.17, 15) is 4.79 Å². The lowest BCUT2D eigenvalue weighted by atomic mass is 10.1. The van der Waals surface area contributed by atoms with Gasteiger partial charge in [-0.15, -0.1) is 0 Å². The van der Waals surface area contributed by atoms with Crippen LogP contribution < -0.4 is 0 Å². The van der Waals surface area contributed by atoms with Crippen molar-refractivity contribution in [2.45, 2.75) is 33.1 Å². The molecule has 3 heteroatoms. The molecule has 0 saturated heterocycles. The van der Waals surface area contributed by atoms with Crippen LogP contribution in [0.5, 0.6) is 0 Å². The van der Waals surface area contributed by atoms with Gasteiger partial charge in [-0.2, -0.15) is 0 Å². The molecule has 2 aromatic rings. The van der Waals surface area contributed by atoms with E-state index in [2.05, 4.69) is 19.1 Å². The third-order valence-electron chi connectivity index (χ3n) is 2.85. The normalized spacial score (nSPS) is 11.3. The highest BCUT2D eigenvalue weighted by atomic mass is 16.4. The number of Topliss-reactive ketones (excluding diaryl/α,β-unsaturated/α-hetero) is 1. The zero-order valence-electron chi connectivity index (χ0n) is 11.3. The molecule has 100 valence electrons. The fourth-order valence-electron chi connectivity index (χ4n) is 1.88. The average molecular weight is 258 g/mol. The largest absolute Gasteiger partial charge is 0.461 e. The third-order valence-corrected chi connectivity index (χ3v) is 2.85. The molecule has 0 aliphatic rings. The smallest absolute Gasteiger partial charge is 0.180 e. The van der Waals surface area contributed by atoms with Gasteiger partial charge < -0.3 is 8.83 Å². The van der Waals surface area contributed by atoms with Crippen LogP contribution in [-0.2, 0) is 6.42 Å². The zero-order valence-corrected chi connectivity index (χ0v) is 11.3. The molecule has 3 nitrogen and oxygen atoms in total. The minimum absolute atomic E-state index is 0.0149. The van der Waals surface area contributed by atoms with Gasteiger partial charge in [0.25, 0.3) is 0 Å². The molecule has 0 unspecified atom stereocenters. The molecule has 0 bridgehead atoms. The van der Waals surface area contributed by atoms with Crippen LogP contribution in [0, 0.1) is 0 Å². The Hall–Kier alpha value is -2.03. The molecule has 0 radical (unpaired) electrons. The minimum Gasteiger partial charge on any atom is -0.461 e. The van der Waals surface area contributed by atoms with Crippen LogP contribution in [0.3, 0.4) is 0 Å². The summed E-state index contributed by atoms with van der Waals surface area (Å²) in [5.74, 6) is 1.88. The molecule has 0 aromatic carbocycles. The van der Waals surface area contributed by atoms with E-state index >= 15 is 0 Å². The minimum atomic E-state index is -0.0149. The van der Waals surface area contributed by atoms with Crippen molar-refractivity contribution in [3.05, 3.63) is 47.9 Å². The lowest BCUT2D eigenvalue weighted by Crippen LogP contribution is -1.90. The van der Waals surface area contributed by atoms with Crippen molar-refractivity contribution >= 4 is 5.78 Å². The summed E-state index contributed by atoms with van der Waals surface area (Å²) in [4.78, 5) is 11.6. The van der Waals surface area contributed by atoms with Crippen molar-refractivity contribution in [1.82, 2.24) is 0 Å². The van der Waals surface area contributed by atoms with Gasteiger partial charge in [0.2, 0.25) is 0 Å². The monoisotopic (exact) mass is 258 g/mol. The molecule has 0 aliphatic heterocycles. The topological polar surface area (TPSA) is 43.4 Å². The van der Waals surface area contributed by atoms with Crippen molar-refractivity contribution in [3.8, 4) is 11.5 Å². The first kappa shape index (κ1) is 13.4. The maximum Gasteiger partial charge on any atom is 0.180 e. The Morgan fingerprint density at radius 1 is 1.37 bits per heavy atom. The standard InChI is InChI=1S/C16H18O3/c1-3-4-5-6-8-13-11-14(12(2)17)16(19-13)15-9-7-10-18-15/h5-7,9-11H,3-4,8H2,1-2H3/b6-5+. The van der Waals surface area contributed by atoms with Gasteiger partial charge in [-0.25, -0.2) is 0 Å². The van der Waals surface area contributed by atoms with Crippen molar-refractivity contribution in [2.75, 3.05) is 0 Å². The van der Waals surface area contributed by atoms with Crippen molar-refractivity contribution in [3.63, 3.8) is 0 Å². The van der Waals surface area contributed by atoms with E-state index in [1.807, 2.05) is 0 Å². The summed E-state index contributed by atoms with van der Waals surface area (Å²) < 4.78 is 11.0. The predicted molar refractivity (Wildman–Crippen MR) is 74.2 cm³/mol. The van der Waals surface area contributed by atoms with E-state index in [1.54, 1.807) is 24.5 Å². The second-order valence-corrected chi connectivity index (χ2v) is 4.45. The van der Waals surface area contributed by atoms with Gasteiger partial charge in [-0.3, -0.25) is 4.79 Å². The number of allylic oxidation sites excluding steroid dienone is 2. The van der Waals surface area contributed by atoms with E-state index in [4.69, 9.17) is 8.83 Å². The number of rotatable bonds is 6. The summed E-state index contributed by atoms with van der Waals surface area (Å²) in [7, 11) is 0. The summed E-state index contributed by atoms with van der Waals surface area (Å²) in [6.07, 6.45) is 8.65. The van der Waals surface area contributed by atoms with Crippen LogP contribution in [0.25, 0.3) is 11.5 Å². The molecule has 0 fully saturated rings. The molecule has 0 N–H and O–H groups in total. The highest BCUT2D eigenvalue weighted by Crippen LogP contribution is 2.28. The number of unbranched alkanes of at least 4 members (excludes halogenated alkanes) is 1. The van der Waals surface area contributed by atoms with Crippen LogP contribution in [0.1, 0.15) is 42.8 Å². The number of furan rings is 2. The first-order valence-corrected chi connectivity index (χ1v) is 6.55. The summed E-state index contributed by atoms with van der Waals surface area (Å²) in [5, 5.41) is 0. The van der Waals surface area contributed by atoms with E-state index in [-0.39, 0.29) is 5.78 Å². The highest BCUT2D eigenvalue weighted by Gasteiger charge is 2.17. The molecule has 0 atom stereocenters. The second-order valence-electron chi connectivity index (χ2n) is 4.45. The van der Waals surface area contributed by atoms with Gasteiger partial charge in [0.1, 0.15) is 5.76 Å². The van der Waals surface area contributed by atoms with Crippen molar-refractivity contribution in [1.29, 1.82) is 0 Å². The summed E-state index contributed by atoms with van der Waals surface area (Å²) >= 11 is 0. The van der Waals surface area contributed by atoms with Crippen LogP contribution >= 0.6 is 0 Å². The van der Waals surface area contributed by atoms with Gasteiger partial charge in [-0.05, 0) is 31.5 Å². The molecule has 19 heavy (non-hydrogen) atoms. The van der Waals surface area contributed by atoms with Gasteiger partial charge in [0.15, 0.2) is 17.3 Å². The third kappa shape index (κ3) is 3.25. The summed E-state index contributed by atoms with van der Waals surface area (Å²) in [5.41, 5.74) is 0.578. The molecule has 0 aliphatic carbocycles. The van der Waals surface area contributed by atoms with Crippen LogP contribution in [0.15, 0.2) is 45.4 Å². The molecule has 0 saturated carbocycles. The number of hydrogen-bond donors (Lipinski definition) is 0. The maximum absolute atomic E-state index is 11.6. The molecule has 0 amide bonds.